The summed E-state index contributed by atoms with van der Waals surface area (Å²) in [6, 6.07) is 57.4. The van der Waals surface area contributed by atoms with Crippen LogP contribution in [-0.4, -0.2) is 11.3 Å². The van der Waals surface area contributed by atoms with Gasteiger partial charge in [0, 0.05) is 27.2 Å². The molecular weight excluding hydrogens is 545 g/mol. The van der Waals surface area contributed by atoms with Crippen molar-refractivity contribution in [2.75, 3.05) is 0 Å². The first-order chi connectivity index (χ1) is 22.3. The minimum absolute atomic E-state index is 0.0834. The molecule has 0 radical (unpaired) electrons. The molecule has 2 nitrogen and oxygen atoms in total. The number of hydrogen-bond acceptors (Lipinski definition) is 1. The average molecular weight is 571 g/mol. The summed E-state index contributed by atoms with van der Waals surface area (Å²) in [6.07, 6.45) is 0. The van der Waals surface area contributed by atoms with Crippen LogP contribution in [-0.2, 0) is 0 Å². The molecule has 0 saturated carbocycles. The molecule has 45 heavy (non-hydrogen) atoms. The van der Waals surface area contributed by atoms with Gasteiger partial charge in [0.2, 0.25) is 6.71 Å². The molecule has 9 aromatic rings. The molecule has 3 heteroatoms. The van der Waals surface area contributed by atoms with Gasteiger partial charge in [0.1, 0.15) is 11.2 Å². The molecule has 208 valence electrons. The Morgan fingerprint density at radius 2 is 0.933 bits per heavy atom. The van der Waals surface area contributed by atoms with Crippen LogP contribution in [0.2, 0.25) is 0 Å². The standard InChI is InChI=1S/C42H26BNO/c1-6-16-37-29(11-1)34-25-36-33-15-5-10-20-41(33)45-42(36)26-35(34)30-12-2-7-17-38(30)43(37)27-21-23-28(24-22-27)44-39-18-8-3-13-31(39)32-14-4-9-19-40(32)44/h1-26H. The second kappa shape index (κ2) is 9.35. The molecule has 0 aliphatic carbocycles. The number of rotatable bonds is 2. The lowest BCUT2D eigenvalue weighted by Gasteiger charge is -2.19. The second-order valence-corrected chi connectivity index (χ2v) is 12.1. The van der Waals surface area contributed by atoms with Crippen LogP contribution in [0.1, 0.15) is 0 Å². The first-order valence-electron chi connectivity index (χ1n) is 15.6. The van der Waals surface area contributed by atoms with E-state index in [1.165, 1.54) is 66.1 Å². The summed E-state index contributed by atoms with van der Waals surface area (Å²) in [5, 5.41) is 4.87. The van der Waals surface area contributed by atoms with Gasteiger partial charge >= 0.3 is 0 Å². The third-order valence-electron chi connectivity index (χ3n) is 9.71. The summed E-state index contributed by atoms with van der Waals surface area (Å²) in [7, 11) is 0. The Labute approximate surface area is 260 Å². The van der Waals surface area contributed by atoms with Crippen LogP contribution in [0.5, 0.6) is 0 Å². The van der Waals surface area contributed by atoms with E-state index in [0.29, 0.717) is 0 Å². The number of benzene rings is 7. The first-order valence-corrected chi connectivity index (χ1v) is 15.6. The molecule has 0 bridgehead atoms. The number of hydrogen-bond donors (Lipinski definition) is 0. The minimum Gasteiger partial charge on any atom is -0.456 e. The Bertz CT molecular complexity index is 2550. The van der Waals surface area contributed by atoms with Crippen LogP contribution in [0, 0.1) is 0 Å². The number of fused-ring (bicyclic) bond motifs is 11. The van der Waals surface area contributed by atoms with Gasteiger partial charge in [-0.1, -0.05) is 132 Å². The Morgan fingerprint density at radius 1 is 0.400 bits per heavy atom. The summed E-state index contributed by atoms with van der Waals surface area (Å²) >= 11 is 0. The van der Waals surface area contributed by atoms with Crippen LogP contribution in [0.4, 0.5) is 0 Å². The third kappa shape index (κ3) is 3.52. The predicted octanol–water partition coefficient (Wildman–Crippen LogP) is 8.85. The van der Waals surface area contributed by atoms with Crippen molar-refractivity contribution in [1.82, 2.24) is 4.57 Å². The van der Waals surface area contributed by atoms with Gasteiger partial charge < -0.3 is 8.98 Å². The van der Waals surface area contributed by atoms with Crippen molar-refractivity contribution >= 4 is 66.8 Å². The number of aromatic nitrogens is 1. The average Bonchev–Trinajstić information content (AvgIpc) is 3.60. The molecule has 1 aliphatic rings. The summed E-state index contributed by atoms with van der Waals surface area (Å²) in [4.78, 5) is 0. The minimum atomic E-state index is 0.0834. The Morgan fingerprint density at radius 3 is 1.60 bits per heavy atom. The number of nitrogens with zero attached hydrogens (tertiary/aromatic N) is 1. The maximum atomic E-state index is 6.38. The summed E-state index contributed by atoms with van der Waals surface area (Å²) < 4.78 is 8.77. The molecule has 0 spiro atoms. The van der Waals surface area contributed by atoms with Crippen LogP contribution in [0.25, 0.3) is 71.7 Å². The predicted molar refractivity (Wildman–Crippen MR) is 190 cm³/mol. The lowest BCUT2D eigenvalue weighted by Crippen LogP contribution is -2.52. The van der Waals surface area contributed by atoms with Gasteiger partial charge in [0.15, 0.2) is 0 Å². The van der Waals surface area contributed by atoms with E-state index >= 15 is 0 Å². The fourth-order valence-corrected chi connectivity index (χ4v) is 7.75. The molecule has 0 N–H and O–H groups in total. The van der Waals surface area contributed by atoms with Gasteiger partial charge in [-0.05, 0) is 64.7 Å². The summed E-state index contributed by atoms with van der Waals surface area (Å²) in [5.41, 5.74) is 14.4. The highest BCUT2D eigenvalue weighted by atomic mass is 16.3. The lowest BCUT2D eigenvalue weighted by molar-refractivity contribution is 0.669. The molecule has 0 atom stereocenters. The maximum Gasteiger partial charge on any atom is 0.242 e. The zero-order valence-corrected chi connectivity index (χ0v) is 24.4. The zero-order valence-electron chi connectivity index (χ0n) is 24.4. The fraction of sp³-hybridized carbons (Fsp3) is 0. The van der Waals surface area contributed by atoms with E-state index < -0.39 is 0 Å². The Kier molecular flexibility index (Phi) is 5.12. The van der Waals surface area contributed by atoms with E-state index in [0.717, 1.165) is 21.9 Å². The number of para-hydroxylation sites is 3. The monoisotopic (exact) mass is 571 g/mol. The summed E-state index contributed by atoms with van der Waals surface area (Å²) in [5.74, 6) is 0. The third-order valence-corrected chi connectivity index (χ3v) is 9.71. The van der Waals surface area contributed by atoms with E-state index in [-0.39, 0.29) is 6.71 Å². The van der Waals surface area contributed by atoms with Gasteiger partial charge in [-0.15, -0.1) is 0 Å². The van der Waals surface area contributed by atoms with E-state index in [9.17, 15) is 0 Å². The lowest BCUT2D eigenvalue weighted by atomic mass is 9.36. The van der Waals surface area contributed by atoms with Crippen molar-refractivity contribution in [2.45, 2.75) is 0 Å². The molecule has 2 aromatic heterocycles. The molecule has 10 rings (SSSR count). The first kappa shape index (κ1) is 24.6. The van der Waals surface area contributed by atoms with Crippen molar-refractivity contribution in [3.05, 3.63) is 158 Å². The maximum absolute atomic E-state index is 6.38. The molecule has 1 aliphatic heterocycles. The molecule has 0 unspecified atom stereocenters. The SMILES string of the molecule is c1ccc2c(c1)B(c1ccc(-n3c4ccccc4c4ccccc43)cc1)c1ccccc1-c1cc3c(cc1-2)oc1ccccc13. The van der Waals surface area contributed by atoms with Crippen molar-refractivity contribution in [2.24, 2.45) is 0 Å². The second-order valence-electron chi connectivity index (χ2n) is 12.1. The quantitative estimate of drug-likeness (QED) is 0.190. The van der Waals surface area contributed by atoms with E-state index in [1.54, 1.807) is 0 Å². The smallest absolute Gasteiger partial charge is 0.242 e. The molecular formula is C42H26BNO. The Balaban J connectivity index is 1.19. The fourth-order valence-electron chi connectivity index (χ4n) is 7.75. The highest BCUT2D eigenvalue weighted by Gasteiger charge is 2.32. The number of furan rings is 1. The summed E-state index contributed by atoms with van der Waals surface area (Å²) in [6.45, 7) is 0.0834. The van der Waals surface area contributed by atoms with Crippen LogP contribution in [0.15, 0.2) is 162 Å². The van der Waals surface area contributed by atoms with Crippen molar-refractivity contribution in [3.8, 4) is 27.9 Å². The highest BCUT2D eigenvalue weighted by molar-refractivity contribution is 6.97. The van der Waals surface area contributed by atoms with Crippen LogP contribution < -0.4 is 16.4 Å². The van der Waals surface area contributed by atoms with Gasteiger partial charge in [0.05, 0.1) is 11.0 Å². The van der Waals surface area contributed by atoms with Crippen molar-refractivity contribution in [3.63, 3.8) is 0 Å². The highest BCUT2D eigenvalue weighted by Crippen LogP contribution is 2.40. The molecule has 7 aromatic carbocycles. The zero-order chi connectivity index (χ0) is 29.5. The normalized spacial score (nSPS) is 12.4. The van der Waals surface area contributed by atoms with Crippen molar-refractivity contribution < 1.29 is 4.42 Å². The molecule has 0 saturated heterocycles. The van der Waals surface area contributed by atoms with E-state index in [2.05, 4.69) is 156 Å². The van der Waals surface area contributed by atoms with Crippen LogP contribution in [0.3, 0.4) is 0 Å². The van der Waals surface area contributed by atoms with E-state index in [1.807, 2.05) is 6.07 Å². The molecule has 0 fully saturated rings. The topological polar surface area (TPSA) is 18.1 Å². The molecule has 3 heterocycles. The van der Waals surface area contributed by atoms with Gasteiger partial charge in [-0.25, -0.2) is 0 Å². The van der Waals surface area contributed by atoms with Crippen LogP contribution >= 0.6 is 0 Å². The van der Waals surface area contributed by atoms with Gasteiger partial charge in [-0.3, -0.25) is 0 Å². The largest absolute Gasteiger partial charge is 0.456 e. The Hall–Kier alpha value is -5.80. The molecule has 0 amide bonds. The van der Waals surface area contributed by atoms with Crippen molar-refractivity contribution in [1.29, 1.82) is 0 Å². The van der Waals surface area contributed by atoms with Gasteiger partial charge in [0.25, 0.3) is 0 Å². The van der Waals surface area contributed by atoms with Gasteiger partial charge in [-0.2, -0.15) is 0 Å². The van der Waals surface area contributed by atoms with E-state index in [4.69, 9.17) is 4.42 Å².